The Kier molecular flexibility index (Phi) is 5.35. The molecule has 1 aliphatic carbocycles. The lowest BCUT2D eigenvalue weighted by atomic mass is 10.2. The van der Waals surface area contributed by atoms with Gasteiger partial charge in [0.15, 0.2) is 0 Å². The van der Waals surface area contributed by atoms with Crippen molar-refractivity contribution in [3.8, 4) is 0 Å². The largest absolute Gasteiger partial charge is 0.379 e. The van der Waals surface area contributed by atoms with Crippen LogP contribution in [0.25, 0.3) is 0 Å². The van der Waals surface area contributed by atoms with E-state index in [4.69, 9.17) is 10.5 Å². The second-order valence-electron chi connectivity index (χ2n) is 3.88. The standard InChI is InChI=1S/C10H22N2O/c1-13-10(7-11)8-12-6-2-3-9-4-5-9/h9-10,12H,2-8,11H2,1H3. The van der Waals surface area contributed by atoms with Gasteiger partial charge in [-0.1, -0.05) is 12.8 Å². The number of nitrogens with two attached hydrogens (primary N) is 1. The maximum Gasteiger partial charge on any atom is 0.0817 e. The summed E-state index contributed by atoms with van der Waals surface area (Å²) >= 11 is 0. The molecular formula is C10H22N2O. The predicted molar refractivity (Wildman–Crippen MR) is 54.7 cm³/mol. The molecule has 3 N–H and O–H groups in total. The summed E-state index contributed by atoms with van der Waals surface area (Å²) in [5.41, 5.74) is 5.49. The normalized spacial score (nSPS) is 18.9. The highest BCUT2D eigenvalue weighted by Gasteiger charge is 2.19. The van der Waals surface area contributed by atoms with Crippen molar-refractivity contribution in [3.63, 3.8) is 0 Å². The van der Waals surface area contributed by atoms with Gasteiger partial charge in [0.1, 0.15) is 0 Å². The molecule has 1 aliphatic rings. The van der Waals surface area contributed by atoms with Crippen LogP contribution in [0, 0.1) is 5.92 Å². The molecular weight excluding hydrogens is 164 g/mol. The van der Waals surface area contributed by atoms with Crippen molar-refractivity contribution in [3.05, 3.63) is 0 Å². The highest BCUT2D eigenvalue weighted by molar-refractivity contribution is 4.73. The van der Waals surface area contributed by atoms with Gasteiger partial charge < -0.3 is 15.8 Å². The fourth-order valence-electron chi connectivity index (χ4n) is 1.45. The zero-order valence-electron chi connectivity index (χ0n) is 8.59. The first-order valence-corrected chi connectivity index (χ1v) is 5.30. The highest BCUT2D eigenvalue weighted by atomic mass is 16.5. The van der Waals surface area contributed by atoms with Crippen LogP contribution in [0.3, 0.4) is 0 Å². The van der Waals surface area contributed by atoms with Crippen LogP contribution in [0.1, 0.15) is 25.7 Å². The van der Waals surface area contributed by atoms with Crippen LogP contribution in [0.5, 0.6) is 0 Å². The molecule has 0 aromatic carbocycles. The Hall–Kier alpha value is -0.120. The molecule has 1 saturated carbocycles. The van der Waals surface area contributed by atoms with E-state index in [9.17, 15) is 0 Å². The Labute approximate surface area is 81.0 Å². The van der Waals surface area contributed by atoms with Gasteiger partial charge in [-0.2, -0.15) is 0 Å². The monoisotopic (exact) mass is 186 g/mol. The summed E-state index contributed by atoms with van der Waals surface area (Å²) < 4.78 is 5.15. The molecule has 0 bridgehead atoms. The highest BCUT2D eigenvalue weighted by Crippen LogP contribution is 2.33. The van der Waals surface area contributed by atoms with Gasteiger partial charge in [0.25, 0.3) is 0 Å². The molecule has 0 heterocycles. The van der Waals surface area contributed by atoms with Gasteiger partial charge in [-0.15, -0.1) is 0 Å². The summed E-state index contributed by atoms with van der Waals surface area (Å²) in [6, 6.07) is 0. The van der Waals surface area contributed by atoms with E-state index in [1.54, 1.807) is 7.11 Å². The van der Waals surface area contributed by atoms with Crippen molar-refractivity contribution < 1.29 is 4.74 Å². The lowest BCUT2D eigenvalue weighted by Crippen LogP contribution is -2.34. The Morgan fingerprint density at radius 2 is 2.31 bits per heavy atom. The molecule has 0 aliphatic heterocycles. The zero-order valence-corrected chi connectivity index (χ0v) is 8.59. The molecule has 3 heteroatoms. The van der Waals surface area contributed by atoms with Crippen LogP contribution in [0.4, 0.5) is 0 Å². The summed E-state index contributed by atoms with van der Waals surface area (Å²) in [4.78, 5) is 0. The van der Waals surface area contributed by atoms with Gasteiger partial charge in [-0.25, -0.2) is 0 Å². The van der Waals surface area contributed by atoms with Crippen LogP contribution in [0.2, 0.25) is 0 Å². The minimum absolute atomic E-state index is 0.181. The van der Waals surface area contributed by atoms with E-state index in [0.717, 1.165) is 19.0 Å². The minimum Gasteiger partial charge on any atom is -0.379 e. The van der Waals surface area contributed by atoms with Crippen molar-refractivity contribution >= 4 is 0 Å². The average Bonchev–Trinajstić information content (AvgIpc) is 2.95. The third kappa shape index (κ3) is 5.24. The van der Waals surface area contributed by atoms with Gasteiger partial charge in [-0.05, 0) is 25.3 Å². The Balaban J connectivity index is 1.81. The van der Waals surface area contributed by atoms with E-state index in [2.05, 4.69) is 5.32 Å². The SMILES string of the molecule is COC(CN)CNCCCC1CC1. The van der Waals surface area contributed by atoms with E-state index >= 15 is 0 Å². The summed E-state index contributed by atoms with van der Waals surface area (Å²) in [5, 5.41) is 3.37. The topological polar surface area (TPSA) is 47.3 Å². The van der Waals surface area contributed by atoms with Crippen LogP contribution in [0.15, 0.2) is 0 Å². The number of ether oxygens (including phenoxy) is 1. The third-order valence-corrected chi connectivity index (χ3v) is 2.63. The summed E-state index contributed by atoms with van der Waals surface area (Å²) in [5.74, 6) is 1.05. The Morgan fingerprint density at radius 3 is 2.85 bits per heavy atom. The maximum atomic E-state index is 5.49. The van der Waals surface area contributed by atoms with Crippen LogP contribution in [-0.4, -0.2) is 32.8 Å². The van der Waals surface area contributed by atoms with E-state index in [0.29, 0.717) is 6.54 Å². The molecule has 1 atom stereocenters. The fourth-order valence-corrected chi connectivity index (χ4v) is 1.45. The molecule has 13 heavy (non-hydrogen) atoms. The quantitative estimate of drug-likeness (QED) is 0.550. The molecule has 1 unspecified atom stereocenters. The number of hydrogen-bond donors (Lipinski definition) is 2. The zero-order chi connectivity index (χ0) is 9.52. The van der Waals surface area contributed by atoms with Gasteiger partial charge >= 0.3 is 0 Å². The van der Waals surface area contributed by atoms with Gasteiger partial charge in [0.05, 0.1) is 6.10 Å². The molecule has 0 aromatic heterocycles. The molecule has 1 rings (SSSR count). The molecule has 0 amide bonds. The number of hydrogen-bond acceptors (Lipinski definition) is 3. The van der Waals surface area contributed by atoms with E-state index < -0.39 is 0 Å². The van der Waals surface area contributed by atoms with Gasteiger partial charge in [0.2, 0.25) is 0 Å². The predicted octanol–water partition coefficient (Wildman–Crippen LogP) is 0.740. The summed E-state index contributed by atoms with van der Waals surface area (Å²) in [6.45, 7) is 2.60. The number of rotatable bonds is 8. The first-order chi connectivity index (χ1) is 6.36. The lowest BCUT2D eigenvalue weighted by Gasteiger charge is -2.13. The third-order valence-electron chi connectivity index (χ3n) is 2.63. The van der Waals surface area contributed by atoms with E-state index in [-0.39, 0.29) is 6.10 Å². The maximum absolute atomic E-state index is 5.49. The molecule has 0 aromatic rings. The molecule has 0 spiro atoms. The molecule has 0 saturated heterocycles. The van der Waals surface area contributed by atoms with E-state index in [1.807, 2.05) is 0 Å². The number of nitrogens with one attached hydrogen (secondary N) is 1. The van der Waals surface area contributed by atoms with Crippen molar-refractivity contribution in [2.24, 2.45) is 11.7 Å². The fraction of sp³-hybridized carbons (Fsp3) is 1.00. The van der Waals surface area contributed by atoms with Crippen molar-refractivity contribution in [1.82, 2.24) is 5.32 Å². The van der Waals surface area contributed by atoms with Gasteiger partial charge in [-0.3, -0.25) is 0 Å². The van der Waals surface area contributed by atoms with Crippen LogP contribution >= 0.6 is 0 Å². The Bertz CT molecular complexity index is 122. The van der Waals surface area contributed by atoms with Crippen molar-refractivity contribution in [2.45, 2.75) is 31.8 Å². The lowest BCUT2D eigenvalue weighted by molar-refractivity contribution is 0.108. The minimum atomic E-state index is 0.181. The first-order valence-electron chi connectivity index (χ1n) is 5.30. The molecule has 3 nitrogen and oxygen atoms in total. The van der Waals surface area contributed by atoms with Gasteiger partial charge in [0, 0.05) is 20.2 Å². The molecule has 0 radical (unpaired) electrons. The second-order valence-corrected chi connectivity index (χ2v) is 3.88. The Morgan fingerprint density at radius 1 is 1.54 bits per heavy atom. The number of methoxy groups -OCH3 is 1. The first kappa shape index (κ1) is 11.0. The molecule has 1 fully saturated rings. The second kappa shape index (κ2) is 6.35. The smallest absolute Gasteiger partial charge is 0.0817 e. The summed E-state index contributed by atoms with van der Waals surface area (Å²) in [7, 11) is 1.71. The van der Waals surface area contributed by atoms with E-state index in [1.165, 1.54) is 25.7 Å². The molecule has 78 valence electrons. The summed E-state index contributed by atoms with van der Waals surface area (Å²) in [6.07, 6.45) is 5.80. The van der Waals surface area contributed by atoms with Crippen LogP contribution in [-0.2, 0) is 4.74 Å². The van der Waals surface area contributed by atoms with Crippen LogP contribution < -0.4 is 11.1 Å². The average molecular weight is 186 g/mol. The van der Waals surface area contributed by atoms with Crippen molar-refractivity contribution in [2.75, 3.05) is 26.7 Å². The van der Waals surface area contributed by atoms with Crippen molar-refractivity contribution in [1.29, 1.82) is 0 Å².